The molecular weight excluding hydrogens is 222 g/mol. The smallest absolute Gasteiger partial charge is 0.352 e. The highest BCUT2D eigenvalue weighted by Gasteiger charge is 2.16. The monoisotopic (exact) mass is 245 g/mol. The van der Waals surface area contributed by atoms with Crippen molar-refractivity contribution in [2.75, 3.05) is 27.2 Å². The van der Waals surface area contributed by atoms with E-state index in [1.807, 2.05) is 0 Å². The minimum Gasteiger partial charge on any atom is -0.457 e. The van der Waals surface area contributed by atoms with Gasteiger partial charge >= 0.3 is 5.24 Å². The zero-order valence-corrected chi connectivity index (χ0v) is 11.2. The van der Waals surface area contributed by atoms with E-state index >= 15 is 0 Å². The summed E-state index contributed by atoms with van der Waals surface area (Å²) in [6.07, 6.45) is 7.39. The van der Waals surface area contributed by atoms with Crippen LogP contribution in [0.15, 0.2) is 0 Å². The van der Waals surface area contributed by atoms with Crippen LogP contribution in [0, 0.1) is 0 Å². The molecular formula is C12H23NO2S. The topological polar surface area (TPSA) is 21.7 Å². The summed E-state index contributed by atoms with van der Waals surface area (Å²) in [7, 11) is 4.10. The molecule has 0 atom stereocenters. The van der Waals surface area contributed by atoms with Crippen LogP contribution in [0.4, 0.5) is 0 Å². The second kappa shape index (κ2) is 7.85. The largest absolute Gasteiger partial charge is 0.457 e. The molecule has 0 radical (unpaired) electrons. The average Bonchev–Trinajstić information content (AvgIpc) is 2.25. The third-order valence-corrected chi connectivity index (χ3v) is 3.00. The van der Waals surface area contributed by atoms with Gasteiger partial charge in [-0.05, 0) is 46.2 Å². The molecule has 0 saturated heterocycles. The molecule has 1 fully saturated rings. The van der Waals surface area contributed by atoms with E-state index in [9.17, 15) is 0 Å². The summed E-state index contributed by atoms with van der Waals surface area (Å²) in [4.78, 5) is 2.13. The van der Waals surface area contributed by atoms with Crippen molar-refractivity contribution < 1.29 is 9.47 Å². The number of hydrogen-bond acceptors (Lipinski definition) is 4. The van der Waals surface area contributed by atoms with Crippen LogP contribution in [0.1, 0.15) is 38.5 Å². The first-order valence-corrected chi connectivity index (χ1v) is 6.57. The Balaban J connectivity index is 2.01. The highest BCUT2D eigenvalue weighted by Crippen LogP contribution is 2.20. The van der Waals surface area contributed by atoms with Crippen molar-refractivity contribution in [1.29, 1.82) is 0 Å². The van der Waals surface area contributed by atoms with Crippen molar-refractivity contribution in [1.82, 2.24) is 4.90 Å². The van der Waals surface area contributed by atoms with Crippen LogP contribution in [0.2, 0.25) is 0 Å². The molecule has 1 aliphatic carbocycles. The molecule has 0 spiro atoms. The van der Waals surface area contributed by atoms with Crippen molar-refractivity contribution in [2.24, 2.45) is 0 Å². The molecule has 0 amide bonds. The maximum atomic E-state index is 5.59. The second-order valence-electron chi connectivity index (χ2n) is 4.63. The molecule has 0 aromatic rings. The Morgan fingerprint density at radius 3 is 2.56 bits per heavy atom. The van der Waals surface area contributed by atoms with Crippen molar-refractivity contribution in [2.45, 2.75) is 44.6 Å². The Labute approximate surface area is 104 Å². The molecule has 16 heavy (non-hydrogen) atoms. The molecule has 0 aromatic carbocycles. The summed E-state index contributed by atoms with van der Waals surface area (Å²) in [5.41, 5.74) is 0. The Morgan fingerprint density at radius 1 is 1.25 bits per heavy atom. The maximum absolute atomic E-state index is 5.59. The molecule has 0 unspecified atom stereocenters. The van der Waals surface area contributed by atoms with Crippen molar-refractivity contribution in [3.8, 4) is 0 Å². The molecule has 0 N–H and O–H groups in total. The minimum absolute atomic E-state index is 0.301. The molecule has 3 nitrogen and oxygen atoms in total. The summed E-state index contributed by atoms with van der Waals surface area (Å²) in [5.74, 6) is 0. The van der Waals surface area contributed by atoms with Crippen LogP contribution in [-0.2, 0) is 9.47 Å². The molecule has 0 aromatic heterocycles. The van der Waals surface area contributed by atoms with E-state index < -0.39 is 0 Å². The highest BCUT2D eigenvalue weighted by atomic mass is 32.1. The summed E-state index contributed by atoms with van der Waals surface area (Å²) in [5, 5.41) is 0.339. The van der Waals surface area contributed by atoms with Crippen LogP contribution in [0.3, 0.4) is 0 Å². The maximum Gasteiger partial charge on any atom is 0.352 e. The van der Waals surface area contributed by atoms with Crippen LogP contribution in [0.25, 0.3) is 0 Å². The predicted molar refractivity (Wildman–Crippen MR) is 69.7 cm³/mol. The molecule has 4 heteroatoms. The number of thiocarbonyl (C=S) groups is 1. The summed E-state index contributed by atoms with van der Waals surface area (Å²) in [6, 6.07) is 0. The van der Waals surface area contributed by atoms with E-state index in [2.05, 4.69) is 19.0 Å². The van der Waals surface area contributed by atoms with Crippen molar-refractivity contribution >= 4 is 17.5 Å². The zero-order chi connectivity index (χ0) is 11.8. The minimum atomic E-state index is 0.301. The van der Waals surface area contributed by atoms with Crippen LogP contribution >= 0.6 is 12.2 Å². The second-order valence-corrected chi connectivity index (χ2v) is 4.97. The summed E-state index contributed by atoms with van der Waals surface area (Å²) in [6.45, 7) is 1.68. The van der Waals surface area contributed by atoms with Gasteiger partial charge in [0.25, 0.3) is 0 Å². The van der Waals surface area contributed by atoms with Gasteiger partial charge in [0.05, 0.1) is 6.61 Å². The predicted octanol–water partition coefficient (Wildman–Crippen LogP) is 2.59. The summed E-state index contributed by atoms with van der Waals surface area (Å²) < 4.78 is 11.0. The summed E-state index contributed by atoms with van der Waals surface area (Å²) >= 11 is 5.06. The van der Waals surface area contributed by atoms with Gasteiger partial charge in [-0.1, -0.05) is 6.42 Å². The molecule has 0 bridgehead atoms. The van der Waals surface area contributed by atoms with E-state index in [1.165, 1.54) is 19.3 Å². The Kier molecular flexibility index (Phi) is 6.73. The molecule has 1 aliphatic rings. The van der Waals surface area contributed by atoms with Gasteiger partial charge in [-0.2, -0.15) is 0 Å². The van der Waals surface area contributed by atoms with Crippen LogP contribution in [0.5, 0.6) is 0 Å². The third kappa shape index (κ3) is 6.28. The lowest BCUT2D eigenvalue weighted by Crippen LogP contribution is -2.22. The fourth-order valence-corrected chi connectivity index (χ4v) is 2.11. The number of ether oxygens (including phenoxy) is 2. The van der Waals surface area contributed by atoms with E-state index in [1.54, 1.807) is 0 Å². The quantitative estimate of drug-likeness (QED) is 0.548. The molecule has 0 aliphatic heterocycles. The molecule has 1 rings (SSSR count). The number of nitrogens with zero attached hydrogens (tertiary/aromatic N) is 1. The Hall–Kier alpha value is -0.350. The van der Waals surface area contributed by atoms with Gasteiger partial charge in [0.15, 0.2) is 0 Å². The SMILES string of the molecule is CN(C)CCCOC(=S)OC1CCCCC1. The fraction of sp³-hybridized carbons (Fsp3) is 0.917. The molecule has 0 heterocycles. The highest BCUT2D eigenvalue weighted by molar-refractivity contribution is 7.79. The first kappa shape index (κ1) is 13.7. The normalized spacial score (nSPS) is 17.4. The van der Waals surface area contributed by atoms with E-state index in [-0.39, 0.29) is 0 Å². The van der Waals surface area contributed by atoms with Crippen molar-refractivity contribution in [3.63, 3.8) is 0 Å². The Morgan fingerprint density at radius 2 is 1.94 bits per heavy atom. The molecule has 94 valence electrons. The van der Waals surface area contributed by atoms with E-state index in [0.29, 0.717) is 17.9 Å². The van der Waals surface area contributed by atoms with E-state index in [4.69, 9.17) is 21.7 Å². The van der Waals surface area contributed by atoms with Gasteiger partial charge in [0.2, 0.25) is 0 Å². The zero-order valence-electron chi connectivity index (χ0n) is 10.4. The van der Waals surface area contributed by atoms with Crippen LogP contribution < -0.4 is 0 Å². The number of rotatable bonds is 5. The van der Waals surface area contributed by atoms with Gasteiger partial charge in [-0.15, -0.1) is 0 Å². The first-order valence-electron chi connectivity index (χ1n) is 6.16. The standard InChI is InChI=1S/C12H23NO2S/c1-13(2)9-6-10-14-12(16)15-11-7-4-3-5-8-11/h11H,3-10H2,1-2H3. The van der Waals surface area contributed by atoms with Crippen molar-refractivity contribution in [3.05, 3.63) is 0 Å². The van der Waals surface area contributed by atoms with Gasteiger partial charge in [0, 0.05) is 18.8 Å². The van der Waals surface area contributed by atoms with E-state index in [0.717, 1.165) is 25.8 Å². The first-order chi connectivity index (χ1) is 7.68. The average molecular weight is 245 g/mol. The van der Waals surface area contributed by atoms with Gasteiger partial charge in [0.1, 0.15) is 6.10 Å². The fourth-order valence-electron chi connectivity index (χ4n) is 1.89. The number of hydrogen-bond donors (Lipinski definition) is 0. The Bertz CT molecular complexity index is 203. The van der Waals surface area contributed by atoms with Gasteiger partial charge in [-0.25, -0.2) is 0 Å². The lowest BCUT2D eigenvalue weighted by molar-refractivity contribution is 0.0893. The lowest BCUT2D eigenvalue weighted by atomic mass is 9.98. The van der Waals surface area contributed by atoms with Gasteiger partial charge in [-0.3, -0.25) is 0 Å². The molecule has 1 saturated carbocycles. The van der Waals surface area contributed by atoms with Crippen LogP contribution in [-0.4, -0.2) is 43.5 Å². The lowest BCUT2D eigenvalue weighted by Gasteiger charge is -2.22. The van der Waals surface area contributed by atoms with Gasteiger partial charge < -0.3 is 14.4 Å². The third-order valence-electron chi connectivity index (χ3n) is 2.78.